The molecular formula is C10H11ClN2O4. The molecule has 0 bridgehead atoms. The molecule has 1 aliphatic heterocycles. The highest BCUT2D eigenvalue weighted by molar-refractivity contribution is 5.85. The summed E-state index contributed by atoms with van der Waals surface area (Å²) < 4.78 is 4.71. The molecule has 1 N–H and O–H groups in total. The van der Waals surface area contributed by atoms with Crippen molar-refractivity contribution in [1.82, 2.24) is 5.32 Å². The van der Waals surface area contributed by atoms with Gasteiger partial charge in [0, 0.05) is 12.5 Å². The molecule has 6 nitrogen and oxygen atoms in total. The molecular weight excluding hydrogens is 248 g/mol. The second kappa shape index (κ2) is 5.49. The maximum atomic E-state index is 11.0. The predicted molar refractivity (Wildman–Crippen MR) is 62.2 cm³/mol. The van der Waals surface area contributed by atoms with E-state index in [0.717, 1.165) is 0 Å². The van der Waals surface area contributed by atoms with Crippen LogP contribution in [0.5, 0.6) is 0 Å². The van der Waals surface area contributed by atoms with Crippen LogP contribution in [-0.2, 0) is 4.74 Å². The number of nitrogens with zero attached hydrogens (tertiary/aromatic N) is 1. The van der Waals surface area contributed by atoms with E-state index < -0.39 is 11.0 Å². The van der Waals surface area contributed by atoms with E-state index in [0.29, 0.717) is 12.0 Å². The van der Waals surface area contributed by atoms with Crippen LogP contribution in [0.1, 0.15) is 18.0 Å². The second-order valence-corrected chi connectivity index (χ2v) is 3.44. The van der Waals surface area contributed by atoms with Crippen molar-refractivity contribution < 1.29 is 14.5 Å². The Balaban J connectivity index is 0.00000144. The normalized spacial score (nSPS) is 18.6. The number of benzene rings is 1. The van der Waals surface area contributed by atoms with E-state index in [1.165, 1.54) is 6.07 Å². The Bertz CT molecular complexity index is 438. The quantitative estimate of drug-likeness (QED) is 0.651. The lowest BCUT2D eigenvalue weighted by molar-refractivity contribution is -0.385. The van der Waals surface area contributed by atoms with E-state index in [4.69, 9.17) is 4.74 Å². The average molecular weight is 259 g/mol. The van der Waals surface area contributed by atoms with Gasteiger partial charge in [-0.2, -0.15) is 0 Å². The van der Waals surface area contributed by atoms with Gasteiger partial charge in [0.15, 0.2) is 0 Å². The van der Waals surface area contributed by atoms with Crippen molar-refractivity contribution in [2.75, 3.05) is 6.61 Å². The third-order valence-corrected chi connectivity index (χ3v) is 2.44. The highest BCUT2D eigenvalue weighted by Crippen LogP contribution is 2.28. The number of amides is 1. The summed E-state index contributed by atoms with van der Waals surface area (Å²) in [5, 5.41) is 13.4. The van der Waals surface area contributed by atoms with Gasteiger partial charge >= 0.3 is 6.09 Å². The smallest absolute Gasteiger partial charge is 0.407 e. The van der Waals surface area contributed by atoms with Gasteiger partial charge < -0.3 is 10.1 Å². The predicted octanol–water partition coefficient (Wildman–Crippen LogP) is 2.19. The Morgan fingerprint density at radius 2 is 2.12 bits per heavy atom. The maximum absolute atomic E-state index is 11.0. The summed E-state index contributed by atoms with van der Waals surface area (Å²) in [4.78, 5) is 21.4. The van der Waals surface area contributed by atoms with Crippen LogP contribution in [0.3, 0.4) is 0 Å². The molecule has 1 saturated heterocycles. The minimum atomic E-state index is -0.533. The lowest BCUT2D eigenvalue weighted by Crippen LogP contribution is -2.35. The van der Waals surface area contributed by atoms with Gasteiger partial charge in [0.05, 0.1) is 23.1 Å². The molecule has 1 aliphatic rings. The fourth-order valence-corrected chi connectivity index (χ4v) is 1.71. The fraction of sp³-hybridized carbons (Fsp3) is 0.300. The summed E-state index contributed by atoms with van der Waals surface area (Å²) in [5.41, 5.74) is 0.541. The molecule has 2 rings (SSSR count). The Kier molecular flexibility index (Phi) is 4.28. The van der Waals surface area contributed by atoms with E-state index in [2.05, 4.69) is 5.32 Å². The highest BCUT2D eigenvalue weighted by Gasteiger charge is 2.26. The van der Waals surface area contributed by atoms with E-state index in [-0.39, 0.29) is 30.7 Å². The zero-order chi connectivity index (χ0) is 11.5. The van der Waals surface area contributed by atoms with Crippen molar-refractivity contribution in [2.45, 2.75) is 12.5 Å². The first-order chi connectivity index (χ1) is 7.68. The van der Waals surface area contributed by atoms with Crippen LogP contribution in [0.15, 0.2) is 24.3 Å². The molecule has 0 aliphatic carbocycles. The summed E-state index contributed by atoms with van der Waals surface area (Å²) in [6.07, 6.45) is 0.00533. The molecule has 1 fully saturated rings. The summed E-state index contributed by atoms with van der Waals surface area (Å²) >= 11 is 0. The number of hydrogen-bond donors (Lipinski definition) is 1. The number of ether oxygens (including phenoxy) is 1. The molecule has 7 heteroatoms. The monoisotopic (exact) mass is 258 g/mol. The first-order valence-corrected chi connectivity index (χ1v) is 4.85. The number of cyclic esters (lactones) is 1. The minimum absolute atomic E-state index is 0. The third-order valence-electron chi connectivity index (χ3n) is 2.44. The average Bonchev–Trinajstić information content (AvgIpc) is 2.29. The van der Waals surface area contributed by atoms with E-state index >= 15 is 0 Å². The van der Waals surface area contributed by atoms with Gasteiger partial charge in [-0.05, 0) is 0 Å². The van der Waals surface area contributed by atoms with E-state index in [1.54, 1.807) is 18.2 Å². The van der Waals surface area contributed by atoms with Crippen molar-refractivity contribution >= 4 is 24.2 Å². The number of hydrogen-bond acceptors (Lipinski definition) is 4. The summed E-state index contributed by atoms with van der Waals surface area (Å²) in [6, 6.07) is 6.04. The SMILES string of the molecule is Cl.O=C1N[C@H](c2ccccc2[N+](=O)[O-])CCO1. The van der Waals surface area contributed by atoms with E-state index in [9.17, 15) is 14.9 Å². The van der Waals surface area contributed by atoms with Crippen molar-refractivity contribution in [3.05, 3.63) is 39.9 Å². The molecule has 92 valence electrons. The van der Waals surface area contributed by atoms with Crippen LogP contribution in [0.4, 0.5) is 10.5 Å². The van der Waals surface area contributed by atoms with Crippen molar-refractivity contribution in [1.29, 1.82) is 0 Å². The van der Waals surface area contributed by atoms with E-state index in [1.807, 2.05) is 0 Å². The zero-order valence-corrected chi connectivity index (χ0v) is 9.61. The first-order valence-electron chi connectivity index (χ1n) is 4.85. The molecule has 1 aromatic rings. The number of carbonyl (C=O) groups excluding carboxylic acids is 1. The van der Waals surface area contributed by atoms with Crippen molar-refractivity contribution in [3.8, 4) is 0 Å². The largest absolute Gasteiger partial charge is 0.449 e. The van der Waals surface area contributed by atoms with Crippen molar-refractivity contribution in [3.63, 3.8) is 0 Å². The standard InChI is InChI=1S/C10H10N2O4.ClH/c13-10-11-8(5-6-16-10)7-3-1-2-4-9(7)12(14)15;/h1-4,8H,5-6H2,(H,11,13);1H/t8-;/m0./s1. The Morgan fingerprint density at radius 3 is 2.76 bits per heavy atom. The highest BCUT2D eigenvalue weighted by atomic mass is 35.5. The Labute approximate surface area is 104 Å². The van der Waals surface area contributed by atoms with Crippen LogP contribution < -0.4 is 5.32 Å². The molecule has 0 radical (unpaired) electrons. The zero-order valence-electron chi connectivity index (χ0n) is 8.79. The van der Waals surface area contributed by atoms with Crippen LogP contribution in [-0.4, -0.2) is 17.6 Å². The molecule has 1 atom stereocenters. The second-order valence-electron chi connectivity index (χ2n) is 3.44. The lowest BCUT2D eigenvalue weighted by atomic mass is 10.0. The molecule has 1 heterocycles. The van der Waals surface area contributed by atoms with Crippen molar-refractivity contribution in [2.24, 2.45) is 0 Å². The van der Waals surface area contributed by atoms with Crippen LogP contribution >= 0.6 is 12.4 Å². The minimum Gasteiger partial charge on any atom is -0.449 e. The molecule has 0 spiro atoms. The van der Waals surface area contributed by atoms with Gasteiger partial charge in [-0.3, -0.25) is 10.1 Å². The third kappa shape index (κ3) is 2.85. The van der Waals surface area contributed by atoms with Gasteiger partial charge in [-0.25, -0.2) is 4.79 Å². The first kappa shape index (κ1) is 13.2. The summed E-state index contributed by atoms with van der Waals surface area (Å²) in [7, 11) is 0. The number of halogens is 1. The molecule has 17 heavy (non-hydrogen) atoms. The van der Waals surface area contributed by atoms with Crippen LogP contribution in [0, 0.1) is 10.1 Å². The molecule has 1 aromatic carbocycles. The molecule has 0 saturated carbocycles. The number of rotatable bonds is 2. The molecule has 0 unspecified atom stereocenters. The van der Waals surface area contributed by atoms with Crippen LogP contribution in [0.2, 0.25) is 0 Å². The number of nitro benzene ring substituents is 1. The number of para-hydroxylation sites is 1. The van der Waals surface area contributed by atoms with Crippen LogP contribution in [0.25, 0.3) is 0 Å². The Hall–Kier alpha value is -1.82. The number of nitro groups is 1. The molecule has 0 aromatic heterocycles. The van der Waals surface area contributed by atoms with Gasteiger partial charge in [-0.15, -0.1) is 12.4 Å². The maximum Gasteiger partial charge on any atom is 0.407 e. The number of nitrogens with one attached hydrogen (secondary N) is 1. The van der Waals surface area contributed by atoms with Gasteiger partial charge in [0.2, 0.25) is 0 Å². The Morgan fingerprint density at radius 1 is 1.41 bits per heavy atom. The molecule has 1 amide bonds. The topological polar surface area (TPSA) is 81.5 Å². The fourth-order valence-electron chi connectivity index (χ4n) is 1.71. The number of alkyl carbamates (subject to hydrolysis) is 1. The summed E-state index contributed by atoms with van der Waals surface area (Å²) in [6.45, 7) is 0.280. The van der Waals surface area contributed by atoms with Gasteiger partial charge in [-0.1, -0.05) is 18.2 Å². The van der Waals surface area contributed by atoms with Gasteiger partial charge in [0.1, 0.15) is 0 Å². The number of carbonyl (C=O) groups is 1. The lowest BCUT2D eigenvalue weighted by Gasteiger charge is -2.23. The van der Waals surface area contributed by atoms with Gasteiger partial charge in [0.25, 0.3) is 5.69 Å². The summed E-state index contributed by atoms with van der Waals surface area (Å²) in [5.74, 6) is 0.